The van der Waals surface area contributed by atoms with E-state index >= 15 is 0 Å². The normalized spacial score (nSPS) is 11.0. The number of fused-ring (bicyclic) bond motifs is 1. The number of rotatable bonds is 8. The summed E-state index contributed by atoms with van der Waals surface area (Å²) in [4.78, 5) is 0. The molecule has 0 aromatic heterocycles. The second-order valence-corrected chi connectivity index (χ2v) is 7.02. The Morgan fingerprint density at radius 2 is 1.65 bits per heavy atom. The molecule has 156 valence electrons. The fourth-order valence-corrected chi connectivity index (χ4v) is 3.37. The van der Waals surface area contributed by atoms with Gasteiger partial charge in [0, 0.05) is 11.1 Å². The topological polar surface area (TPSA) is 42.8 Å². The van der Waals surface area contributed by atoms with E-state index < -0.39 is 0 Å². The highest BCUT2D eigenvalue weighted by molar-refractivity contribution is 6.02. The molecule has 0 spiro atoms. The number of nitrogens with zero attached hydrogens (tertiary/aromatic N) is 1. The number of nitrogens with one attached hydrogen (secondary N) is 1. The molecule has 0 aliphatic rings. The molecule has 0 aliphatic carbocycles. The molecule has 1 N–H and O–H groups in total. The quantitative estimate of drug-likeness (QED) is 0.297. The van der Waals surface area contributed by atoms with Gasteiger partial charge in [0.05, 0.1) is 19.9 Å². The highest BCUT2D eigenvalue weighted by Gasteiger charge is 2.08. The van der Waals surface area contributed by atoms with Crippen molar-refractivity contribution in [3.05, 3.63) is 107 Å². The summed E-state index contributed by atoms with van der Waals surface area (Å²) in [6.45, 7) is 0.880. The Morgan fingerprint density at radius 1 is 0.871 bits per heavy atom. The third kappa shape index (κ3) is 5.01. The first-order valence-electron chi connectivity index (χ1n) is 10.0. The van der Waals surface area contributed by atoms with Crippen LogP contribution in [0.25, 0.3) is 10.8 Å². The van der Waals surface area contributed by atoms with Gasteiger partial charge in [-0.3, -0.25) is 0 Å². The fraction of sp³-hybridized carbons (Fsp3) is 0.115. The standard InChI is InChI=1S/C26H23FN2O2/c1-30-25-9-5-3-7-21(25)16-28-29-17-24-23-8-4-2-6-20(23)12-15-26(24)31-18-19-10-13-22(27)14-11-19/h2-15,17,28H,16,18H2,1H3/b29-17-. The van der Waals surface area contributed by atoms with Crippen molar-refractivity contribution in [2.45, 2.75) is 13.2 Å². The number of hydrogen-bond donors (Lipinski definition) is 1. The van der Waals surface area contributed by atoms with Crippen molar-refractivity contribution < 1.29 is 13.9 Å². The Hall–Kier alpha value is -3.86. The predicted octanol–water partition coefficient (Wildman–Crippen LogP) is 5.69. The van der Waals surface area contributed by atoms with Crippen LogP contribution in [0.5, 0.6) is 11.5 Å². The van der Waals surface area contributed by atoms with Gasteiger partial charge in [0.1, 0.15) is 23.9 Å². The molecule has 0 radical (unpaired) electrons. The Kier molecular flexibility index (Phi) is 6.43. The minimum atomic E-state index is -0.261. The van der Waals surface area contributed by atoms with Crippen LogP contribution in [0.4, 0.5) is 4.39 Å². The average molecular weight is 414 g/mol. The van der Waals surface area contributed by atoms with Crippen LogP contribution in [0.15, 0.2) is 90.0 Å². The van der Waals surface area contributed by atoms with E-state index in [4.69, 9.17) is 9.47 Å². The first-order valence-corrected chi connectivity index (χ1v) is 10.0. The Bertz CT molecular complexity index is 1190. The zero-order valence-electron chi connectivity index (χ0n) is 17.2. The van der Waals surface area contributed by atoms with Crippen LogP contribution >= 0.6 is 0 Å². The van der Waals surface area contributed by atoms with Crippen molar-refractivity contribution in [3.63, 3.8) is 0 Å². The van der Waals surface area contributed by atoms with Crippen molar-refractivity contribution >= 4 is 17.0 Å². The van der Waals surface area contributed by atoms with Gasteiger partial charge < -0.3 is 14.9 Å². The van der Waals surface area contributed by atoms with E-state index in [2.05, 4.69) is 16.6 Å². The monoisotopic (exact) mass is 414 g/mol. The molecule has 0 saturated carbocycles. The minimum absolute atomic E-state index is 0.261. The van der Waals surface area contributed by atoms with E-state index in [0.717, 1.165) is 33.2 Å². The second-order valence-electron chi connectivity index (χ2n) is 7.02. The summed E-state index contributed by atoms with van der Waals surface area (Å²) >= 11 is 0. The number of ether oxygens (including phenoxy) is 2. The predicted molar refractivity (Wildman–Crippen MR) is 122 cm³/mol. The van der Waals surface area contributed by atoms with Gasteiger partial charge in [-0.05, 0) is 40.6 Å². The van der Waals surface area contributed by atoms with Crippen LogP contribution in [0, 0.1) is 5.82 Å². The number of halogens is 1. The van der Waals surface area contributed by atoms with E-state index in [9.17, 15) is 4.39 Å². The molecule has 4 aromatic carbocycles. The lowest BCUT2D eigenvalue weighted by atomic mass is 10.0. The van der Waals surface area contributed by atoms with Gasteiger partial charge in [0.2, 0.25) is 0 Å². The number of para-hydroxylation sites is 1. The van der Waals surface area contributed by atoms with E-state index in [1.54, 1.807) is 25.5 Å². The van der Waals surface area contributed by atoms with Crippen molar-refractivity contribution in [2.24, 2.45) is 5.10 Å². The number of methoxy groups -OCH3 is 1. The number of hydrogen-bond acceptors (Lipinski definition) is 4. The molecule has 0 fully saturated rings. The molecule has 0 aliphatic heterocycles. The molecule has 4 rings (SSSR count). The van der Waals surface area contributed by atoms with Gasteiger partial charge in [-0.15, -0.1) is 0 Å². The van der Waals surface area contributed by atoms with Crippen LogP contribution in [-0.4, -0.2) is 13.3 Å². The molecule has 0 atom stereocenters. The summed E-state index contributed by atoms with van der Waals surface area (Å²) < 4.78 is 24.6. The molecule has 4 nitrogen and oxygen atoms in total. The molecule has 0 unspecified atom stereocenters. The van der Waals surface area contributed by atoms with E-state index in [0.29, 0.717) is 18.9 Å². The lowest BCUT2D eigenvalue weighted by Crippen LogP contribution is -2.07. The van der Waals surface area contributed by atoms with Gasteiger partial charge in [-0.1, -0.05) is 60.7 Å². The lowest BCUT2D eigenvalue weighted by Gasteiger charge is -2.12. The molecule has 0 amide bonds. The summed E-state index contributed by atoms with van der Waals surface area (Å²) in [5.41, 5.74) is 5.89. The van der Waals surface area contributed by atoms with E-state index in [1.165, 1.54) is 12.1 Å². The smallest absolute Gasteiger partial charge is 0.129 e. The zero-order valence-corrected chi connectivity index (χ0v) is 17.2. The van der Waals surface area contributed by atoms with Crippen LogP contribution in [-0.2, 0) is 13.2 Å². The minimum Gasteiger partial charge on any atom is -0.496 e. The molecular weight excluding hydrogens is 391 g/mol. The molecule has 0 bridgehead atoms. The molecule has 5 heteroatoms. The first-order chi connectivity index (χ1) is 15.2. The van der Waals surface area contributed by atoms with Crippen molar-refractivity contribution in [1.29, 1.82) is 0 Å². The van der Waals surface area contributed by atoms with Gasteiger partial charge >= 0.3 is 0 Å². The Balaban J connectivity index is 1.54. The zero-order chi connectivity index (χ0) is 21.5. The van der Waals surface area contributed by atoms with E-state index in [1.807, 2.05) is 54.6 Å². The third-order valence-corrected chi connectivity index (χ3v) is 4.99. The average Bonchev–Trinajstić information content (AvgIpc) is 2.82. The van der Waals surface area contributed by atoms with Gasteiger partial charge in [-0.25, -0.2) is 4.39 Å². The van der Waals surface area contributed by atoms with Gasteiger partial charge in [0.15, 0.2) is 0 Å². The summed E-state index contributed by atoms with van der Waals surface area (Å²) in [5.74, 6) is 1.27. The molecule has 0 heterocycles. The largest absolute Gasteiger partial charge is 0.496 e. The third-order valence-electron chi connectivity index (χ3n) is 4.99. The second kappa shape index (κ2) is 9.76. The Labute approximate surface area is 180 Å². The van der Waals surface area contributed by atoms with E-state index in [-0.39, 0.29) is 5.82 Å². The maximum Gasteiger partial charge on any atom is 0.129 e. The van der Waals surface area contributed by atoms with Crippen LogP contribution < -0.4 is 14.9 Å². The first kappa shape index (κ1) is 20.4. The molecular formula is C26H23FN2O2. The van der Waals surface area contributed by atoms with Gasteiger partial charge in [-0.2, -0.15) is 5.10 Å². The van der Waals surface area contributed by atoms with Crippen LogP contribution in [0.1, 0.15) is 16.7 Å². The van der Waals surface area contributed by atoms with Gasteiger partial charge in [0.25, 0.3) is 0 Å². The molecule has 4 aromatic rings. The van der Waals surface area contributed by atoms with Crippen molar-refractivity contribution in [1.82, 2.24) is 5.43 Å². The summed E-state index contributed by atoms with van der Waals surface area (Å²) in [6.07, 6.45) is 1.78. The van der Waals surface area contributed by atoms with Crippen LogP contribution in [0.3, 0.4) is 0 Å². The molecule has 0 saturated heterocycles. The maximum absolute atomic E-state index is 13.2. The van der Waals surface area contributed by atoms with Crippen LogP contribution in [0.2, 0.25) is 0 Å². The highest BCUT2D eigenvalue weighted by atomic mass is 19.1. The van der Waals surface area contributed by atoms with Crippen molar-refractivity contribution in [2.75, 3.05) is 7.11 Å². The summed E-state index contributed by atoms with van der Waals surface area (Å²) in [6, 6.07) is 26.2. The summed E-state index contributed by atoms with van der Waals surface area (Å²) in [5, 5.41) is 6.57. The SMILES string of the molecule is COc1ccccc1CN/N=C\c1c(OCc2ccc(F)cc2)ccc2ccccc12. The number of benzene rings is 4. The highest BCUT2D eigenvalue weighted by Crippen LogP contribution is 2.27. The lowest BCUT2D eigenvalue weighted by molar-refractivity contribution is 0.306. The fourth-order valence-electron chi connectivity index (χ4n) is 3.37. The molecule has 31 heavy (non-hydrogen) atoms. The maximum atomic E-state index is 13.2. The van der Waals surface area contributed by atoms with Crippen molar-refractivity contribution in [3.8, 4) is 11.5 Å². The Morgan fingerprint density at radius 3 is 2.48 bits per heavy atom. The summed E-state index contributed by atoms with van der Waals surface area (Å²) in [7, 11) is 1.66. The number of hydrazone groups is 1.